The molecular weight excluding hydrogens is 326 g/mol. The number of hydrogen-bond acceptors (Lipinski definition) is 3. The Morgan fingerprint density at radius 3 is 2.74 bits per heavy atom. The molecule has 4 nitrogen and oxygen atoms in total. The van der Waals surface area contributed by atoms with Crippen molar-refractivity contribution in [2.75, 3.05) is 13.1 Å². The maximum Gasteiger partial charge on any atom is 0.410 e. The molecule has 7 heteroatoms. The van der Waals surface area contributed by atoms with Crippen molar-refractivity contribution in [3.63, 3.8) is 0 Å². The molecule has 128 valence electrons. The normalized spacial score (nSPS) is 25.3. The Hall–Kier alpha value is -1.43. The minimum Gasteiger partial charge on any atom is -0.444 e. The van der Waals surface area contributed by atoms with Crippen LogP contribution in [0, 0.1) is 11.9 Å². The van der Waals surface area contributed by atoms with Gasteiger partial charge in [-0.3, -0.25) is 0 Å². The lowest BCUT2D eigenvalue weighted by Crippen LogP contribution is -2.50. The van der Waals surface area contributed by atoms with Gasteiger partial charge >= 0.3 is 6.09 Å². The van der Waals surface area contributed by atoms with E-state index < -0.39 is 29.2 Å². The summed E-state index contributed by atoms with van der Waals surface area (Å²) < 4.78 is 34.6. The number of alkyl halides is 1. The molecule has 1 aliphatic rings. The lowest BCUT2D eigenvalue weighted by atomic mass is 9.79. The lowest BCUT2D eigenvalue weighted by molar-refractivity contribution is -0.0231. The van der Waals surface area contributed by atoms with E-state index in [0.29, 0.717) is 0 Å². The van der Waals surface area contributed by atoms with E-state index in [1.807, 2.05) is 0 Å². The van der Waals surface area contributed by atoms with Crippen LogP contribution in [0.25, 0.3) is 0 Å². The molecule has 2 atom stereocenters. The van der Waals surface area contributed by atoms with Crippen molar-refractivity contribution in [1.82, 2.24) is 9.88 Å². The summed E-state index contributed by atoms with van der Waals surface area (Å²) in [4.78, 5) is 17.0. The molecule has 2 rings (SSSR count). The summed E-state index contributed by atoms with van der Waals surface area (Å²) in [5, 5.41) is 0.181. The van der Waals surface area contributed by atoms with Crippen molar-refractivity contribution in [3.8, 4) is 0 Å². The van der Waals surface area contributed by atoms with Crippen LogP contribution >= 0.6 is 11.6 Å². The van der Waals surface area contributed by atoms with Gasteiger partial charge in [0.05, 0.1) is 5.02 Å². The maximum absolute atomic E-state index is 15.4. The van der Waals surface area contributed by atoms with Gasteiger partial charge in [0, 0.05) is 37.2 Å². The zero-order valence-corrected chi connectivity index (χ0v) is 14.5. The molecule has 0 saturated carbocycles. The van der Waals surface area contributed by atoms with Gasteiger partial charge in [-0.05, 0) is 26.8 Å². The first kappa shape index (κ1) is 17.9. The van der Waals surface area contributed by atoms with Crippen LogP contribution in [-0.2, 0) is 10.4 Å². The first-order chi connectivity index (χ1) is 10.5. The Morgan fingerprint density at radius 1 is 1.52 bits per heavy atom. The summed E-state index contributed by atoms with van der Waals surface area (Å²) in [6.07, 6.45) is 0.618. The summed E-state index contributed by atoms with van der Waals surface area (Å²) in [5.74, 6) is -1.48. The molecule has 23 heavy (non-hydrogen) atoms. The maximum atomic E-state index is 15.4. The third-order valence-electron chi connectivity index (χ3n) is 3.93. The van der Waals surface area contributed by atoms with Gasteiger partial charge in [-0.15, -0.1) is 0 Å². The fraction of sp³-hybridized carbons (Fsp3) is 0.625. The van der Waals surface area contributed by atoms with Crippen LogP contribution in [0.15, 0.2) is 12.3 Å². The minimum absolute atomic E-state index is 0.0354. The van der Waals surface area contributed by atoms with E-state index in [4.69, 9.17) is 16.3 Å². The number of pyridine rings is 1. The smallest absolute Gasteiger partial charge is 0.410 e. The molecule has 1 fully saturated rings. The average molecular weight is 347 g/mol. The molecule has 1 saturated heterocycles. The Kier molecular flexibility index (Phi) is 4.85. The number of halogens is 3. The molecule has 0 aliphatic carbocycles. The van der Waals surface area contributed by atoms with E-state index in [1.54, 1.807) is 27.7 Å². The molecule has 2 heterocycles. The number of nitrogens with zero attached hydrogens (tertiary/aromatic N) is 2. The SMILES string of the molecule is C[C@H]1CN(C(=O)OC(C)(C)C)CC[C@]1(F)c1cc(Cl)cnc1F. The molecule has 0 aromatic carbocycles. The van der Waals surface area contributed by atoms with Crippen LogP contribution in [0.4, 0.5) is 13.6 Å². The van der Waals surface area contributed by atoms with Crippen molar-refractivity contribution in [3.05, 3.63) is 28.8 Å². The predicted octanol–water partition coefficient (Wildman–Crippen LogP) is 4.32. The highest BCUT2D eigenvalue weighted by atomic mass is 35.5. The van der Waals surface area contributed by atoms with Crippen molar-refractivity contribution in [2.24, 2.45) is 5.92 Å². The summed E-state index contributed by atoms with van der Waals surface area (Å²) in [7, 11) is 0. The number of carbonyl (C=O) groups excluding carboxylic acids is 1. The Morgan fingerprint density at radius 2 is 2.17 bits per heavy atom. The summed E-state index contributed by atoms with van der Waals surface area (Å²) in [6.45, 7) is 7.22. The van der Waals surface area contributed by atoms with E-state index in [-0.39, 0.29) is 30.1 Å². The van der Waals surface area contributed by atoms with Crippen LogP contribution in [0.1, 0.15) is 39.7 Å². The molecule has 1 aromatic heterocycles. The van der Waals surface area contributed by atoms with Crippen LogP contribution in [0.5, 0.6) is 0 Å². The number of ether oxygens (including phenoxy) is 1. The number of likely N-dealkylation sites (tertiary alicyclic amines) is 1. The number of aromatic nitrogens is 1. The van der Waals surface area contributed by atoms with Gasteiger partial charge in [0.2, 0.25) is 5.95 Å². The standard InChI is InChI=1S/C16H21ClF2N2O2/c1-10-9-21(14(22)23-15(2,3)4)6-5-16(10,19)12-7-11(17)8-20-13(12)18/h7-8,10H,5-6,9H2,1-4H3/t10-,16+/m0/s1. The van der Waals surface area contributed by atoms with Gasteiger partial charge < -0.3 is 9.64 Å². The lowest BCUT2D eigenvalue weighted by Gasteiger charge is -2.41. The van der Waals surface area contributed by atoms with Gasteiger partial charge in [0.25, 0.3) is 0 Å². The topological polar surface area (TPSA) is 42.4 Å². The Labute approximate surface area is 139 Å². The van der Waals surface area contributed by atoms with Crippen molar-refractivity contribution < 1.29 is 18.3 Å². The van der Waals surface area contributed by atoms with E-state index in [1.165, 1.54) is 11.0 Å². The monoisotopic (exact) mass is 346 g/mol. The molecule has 0 N–H and O–H groups in total. The fourth-order valence-corrected chi connectivity index (χ4v) is 2.88. The largest absolute Gasteiger partial charge is 0.444 e. The molecular formula is C16H21ClF2N2O2. The van der Waals surface area contributed by atoms with E-state index in [9.17, 15) is 9.18 Å². The first-order valence-corrected chi connectivity index (χ1v) is 7.89. The second-order valence-corrected chi connectivity index (χ2v) is 7.37. The number of piperidine rings is 1. The highest BCUT2D eigenvalue weighted by Gasteiger charge is 2.46. The third-order valence-corrected chi connectivity index (χ3v) is 4.13. The highest BCUT2D eigenvalue weighted by Crippen LogP contribution is 2.42. The third kappa shape index (κ3) is 3.91. The number of amides is 1. The molecule has 1 amide bonds. The summed E-state index contributed by atoms with van der Waals surface area (Å²) in [6, 6.07) is 1.27. The van der Waals surface area contributed by atoms with Crippen molar-refractivity contribution in [2.45, 2.75) is 45.4 Å². The molecule has 0 radical (unpaired) electrons. The zero-order chi connectivity index (χ0) is 17.4. The Bertz CT molecular complexity index is 606. The summed E-state index contributed by atoms with van der Waals surface area (Å²) in [5.41, 5.74) is -2.69. The molecule has 0 spiro atoms. The van der Waals surface area contributed by atoms with Crippen molar-refractivity contribution in [1.29, 1.82) is 0 Å². The van der Waals surface area contributed by atoms with E-state index >= 15 is 4.39 Å². The number of rotatable bonds is 1. The van der Waals surface area contributed by atoms with Crippen LogP contribution in [0.2, 0.25) is 5.02 Å². The van der Waals surface area contributed by atoms with Gasteiger partial charge in [0.15, 0.2) is 0 Å². The predicted molar refractivity (Wildman–Crippen MR) is 83.6 cm³/mol. The molecule has 1 aliphatic heterocycles. The van der Waals surface area contributed by atoms with Gasteiger partial charge in [-0.25, -0.2) is 14.2 Å². The summed E-state index contributed by atoms with van der Waals surface area (Å²) >= 11 is 5.82. The van der Waals surface area contributed by atoms with Gasteiger partial charge in [-0.1, -0.05) is 18.5 Å². The van der Waals surface area contributed by atoms with Crippen molar-refractivity contribution >= 4 is 17.7 Å². The molecule has 0 bridgehead atoms. The second-order valence-electron chi connectivity index (χ2n) is 6.93. The number of hydrogen-bond donors (Lipinski definition) is 0. The van der Waals surface area contributed by atoms with Crippen LogP contribution in [-0.4, -0.2) is 34.7 Å². The Balaban J connectivity index is 2.17. The zero-order valence-electron chi connectivity index (χ0n) is 13.7. The molecule has 0 unspecified atom stereocenters. The second kappa shape index (κ2) is 6.23. The van der Waals surface area contributed by atoms with Gasteiger partial charge in [-0.2, -0.15) is 4.39 Å². The fourth-order valence-electron chi connectivity index (χ4n) is 2.72. The average Bonchev–Trinajstić information content (AvgIpc) is 2.42. The quantitative estimate of drug-likeness (QED) is 0.711. The molecule has 1 aromatic rings. The minimum atomic E-state index is -1.92. The number of carbonyl (C=O) groups is 1. The van der Waals surface area contributed by atoms with Gasteiger partial charge in [0.1, 0.15) is 11.3 Å². The van der Waals surface area contributed by atoms with Crippen LogP contribution in [0.3, 0.4) is 0 Å². The van der Waals surface area contributed by atoms with Crippen LogP contribution < -0.4 is 0 Å². The van der Waals surface area contributed by atoms with E-state index in [0.717, 1.165) is 6.20 Å². The van der Waals surface area contributed by atoms with E-state index in [2.05, 4.69) is 4.98 Å². The first-order valence-electron chi connectivity index (χ1n) is 7.51. The highest BCUT2D eigenvalue weighted by molar-refractivity contribution is 6.30.